The van der Waals surface area contributed by atoms with Crippen LogP contribution < -0.4 is 0 Å². The van der Waals surface area contributed by atoms with Gasteiger partial charge < -0.3 is 13.3 Å². The summed E-state index contributed by atoms with van der Waals surface area (Å²) in [5.74, 6) is 0. The van der Waals surface area contributed by atoms with Gasteiger partial charge >= 0.3 is 0 Å². The molecule has 0 spiro atoms. The van der Waals surface area contributed by atoms with Crippen molar-refractivity contribution in [2.75, 3.05) is 0 Å². The number of hydrogen-bond donors (Lipinski definition) is 0. The van der Waals surface area contributed by atoms with Gasteiger partial charge in [0.2, 0.25) is 0 Å². The lowest BCUT2D eigenvalue weighted by atomic mass is 9.85. The third-order valence-corrected chi connectivity index (χ3v) is 26.8. The van der Waals surface area contributed by atoms with Crippen molar-refractivity contribution in [1.82, 2.24) is 0 Å². The Kier molecular flexibility index (Phi) is 15.5. The highest BCUT2D eigenvalue weighted by atomic mass is 16.3. The molecule has 0 aliphatic carbocycles. The lowest BCUT2D eigenvalue weighted by Crippen LogP contribution is -1.90. The number of hydrogen-bond acceptors (Lipinski definition) is 3. The van der Waals surface area contributed by atoms with E-state index in [1.165, 1.54) is 37.9 Å². The Bertz CT molecular complexity index is 10400. The van der Waals surface area contributed by atoms with Gasteiger partial charge in [0.25, 0.3) is 0 Å². The fraction of sp³-hybridized carbons (Fsp3) is 0. The maximum Gasteiger partial charge on any atom is 0.136 e. The summed E-state index contributed by atoms with van der Waals surface area (Å²) < 4.78 is 147. The molecule has 0 N–H and O–H groups in total. The SMILES string of the molecule is [2H]c1c([2H])c([2H])c(-c2c3ccccc3c(-c3ccc4oc5cc(-c6cccc(-c7ccc8ccccc8c7)c6)ccc5c4c3)c3ccccc23)c([2H])c1[2H].[2H]c1c([2H])c([2H])c(-c2c3ccccc3c(-c3ccc4oc5ccc(-c6ccc7ccccc7c6)cc5c4c3)c3ccccc23)c([2H])c1[2H].[2H]c1c([2H])c([2H])c(-c2c3ccccc3c(-c3ccc4oc5cccc(-c6cccc7ccccc67)c5c4c3)c3ccccc23)c([2H])c1[2H]. The third kappa shape index (κ3) is 13.6. The normalized spacial score (nSPS) is 13.3. The van der Waals surface area contributed by atoms with Crippen molar-refractivity contribution < 1.29 is 33.8 Å². The second-order valence-electron chi connectivity index (χ2n) is 34.3. The van der Waals surface area contributed by atoms with Crippen LogP contribution in [0, 0.1) is 0 Å². The zero-order chi connectivity index (χ0) is 102. The van der Waals surface area contributed by atoms with E-state index in [2.05, 4.69) is 237 Å². The molecule has 3 heterocycles. The van der Waals surface area contributed by atoms with E-state index < -0.39 is 18.1 Å². The van der Waals surface area contributed by atoms with E-state index in [1.54, 1.807) is 0 Å². The molecule has 0 aliphatic rings. The van der Waals surface area contributed by atoms with E-state index >= 15 is 0 Å². The second-order valence-corrected chi connectivity index (χ2v) is 34.3. The van der Waals surface area contributed by atoms with Gasteiger partial charge in [-0.15, -0.1) is 0 Å². The molecule has 0 radical (unpaired) electrons. The van der Waals surface area contributed by atoms with E-state index in [9.17, 15) is 0 Å². The maximum absolute atomic E-state index is 8.85. The van der Waals surface area contributed by atoms with Crippen molar-refractivity contribution in [2.24, 2.45) is 0 Å². The van der Waals surface area contributed by atoms with Gasteiger partial charge in [0.1, 0.15) is 33.5 Å². The predicted octanol–water partition coefficient (Wildman–Crippen LogP) is 37.8. The number of fused-ring (bicyclic) bond motifs is 18. The highest BCUT2D eigenvalue weighted by Crippen LogP contribution is 2.51. The fourth-order valence-electron chi connectivity index (χ4n) is 20.8. The van der Waals surface area contributed by atoms with Crippen LogP contribution in [0.15, 0.2) is 510 Å². The minimum absolute atomic E-state index is 0.204. The van der Waals surface area contributed by atoms with Crippen LogP contribution in [-0.2, 0) is 0 Å². The van der Waals surface area contributed by atoms with Crippen molar-refractivity contribution in [1.29, 1.82) is 0 Å². The average molecular weight is 1730 g/mol. The van der Waals surface area contributed by atoms with Crippen LogP contribution in [0.25, 0.3) is 274 Å². The fourth-order valence-corrected chi connectivity index (χ4v) is 20.8. The molecular formula is C132H82O3. The Labute approximate surface area is 800 Å². The van der Waals surface area contributed by atoms with Crippen molar-refractivity contribution in [3.63, 3.8) is 0 Å². The number of benzene rings is 25. The summed E-state index contributed by atoms with van der Waals surface area (Å²) in [4.78, 5) is 0. The summed E-state index contributed by atoms with van der Waals surface area (Å²) in [6, 6.07) is 134. The first-order valence-electron chi connectivity index (χ1n) is 52.6. The van der Waals surface area contributed by atoms with Crippen molar-refractivity contribution >= 4 is 163 Å². The molecule has 0 saturated carbocycles. The van der Waals surface area contributed by atoms with Crippen LogP contribution in [0.2, 0.25) is 0 Å². The van der Waals surface area contributed by atoms with E-state index in [0.717, 1.165) is 203 Å². The molecule has 3 heteroatoms. The largest absolute Gasteiger partial charge is 0.456 e. The average Bonchev–Trinajstić information content (AvgIpc) is 1.41. The Hall–Kier alpha value is -17.8. The van der Waals surface area contributed by atoms with Crippen molar-refractivity contribution in [3.8, 4) is 111 Å². The lowest BCUT2D eigenvalue weighted by molar-refractivity contribution is 0.668. The first kappa shape index (κ1) is 64.1. The molecule has 0 bridgehead atoms. The van der Waals surface area contributed by atoms with Gasteiger partial charge in [-0.3, -0.25) is 0 Å². The minimum Gasteiger partial charge on any atom is -0.456 e. The van der Waals surface area contributed by atoms with E-state index in [0.29, 0.717) is 16.7 Å². The van der Waals surface area contributed by atoms with Crippen LogP contribution in [0.3, 0.4) is 0 Å². The predicted molar refractivity (Wildman–Crippen MR) is 573 cm³/mol. The van der Waals surface area contributed by atoms with Gasteiger partial charge in [0.05, 0.1) is 20.6 Å². The molecule has 28 aromatic rings. The quantitative estimate of drug-likeness (QED) is 0.128. The van der Waals surface area contributed by atoms with Crippen molar-refractivity contribution in [2.45, 2.75) is 0 Å². The Morgan fingerprint density at radius 1 is 0.133 bits per heavy atom. The van der Waals surface area contributed by atoms with Crippen molar-refractivity contribution in [3.05, 3.63) is 497 Å². The zero-order valence-corrected chi connectivity index (χ0v) is 72.4. The molecular weight excluding hydrogens is 1630 g/mol. The van der Waals surface area contributed by atoms with Crippen LogP contribution in [-0.4, -0.2) is 0 Å². The van der Waals surface area contributed by atoms with Gasteiger partial charge in [0, 0.05) is 32.3 Å². The molecule has 25 aromatic carbocycles. The van der Waals surface area contributed by atoms with Gasteiger partial charge in [-0.25, -0.2) is 0 Å². The van der Waals surface area contributed by atoms with Gasteiger partial charge in [-0.05, 0) is 293 Å². The molecule has 0 amide bonds. The summed E-state index contributed by atoms with van der Waals surface area (Å²) in [6.45, 7) is 0. The number of furan rings is 3. The summed E-state index contributed by atoms with van der Waals surface area (Å²) in [7, 11) is 0. The first-order valence-corrected chi connectivity index (χ1v) is 45.1. The monoisotopic (exact) mass is 1730 g/mol. The highest BCUT2D eigenvalue weighted by molar-refractivity contribution is 6.27. The molecule has 0 atom stereocenters. The zero-order valence-electron chi connectivity index (χ0n) is 87.4. The summed E-state index contributed by atoms with van der Waals surface area (Å²) >= 11 is 0. The van der Waals surface area contributed by atoms with Gasteiger partial charge in [-0.2, -0.15) is 0 Å². The highest BCUT2D eigenvalue weighted by Gasteiger charge is 2.25. The molecule has 135 heavy (non-hydrogen) atoms. The van der Waals surface area contributed by atoms with Crippen LogP contribution in [0.5, 0.6) is 0 Å². The second kappa shape index (κ2) is 32.7. The van der Waals surface area contributed by atoms with Gasteiger partial charge in [0.15, 0.2) is 0 Å². The molecule has 0 aliphatic heterocycles. The van der Waals surface area contributed by atoms with E-state index in [4.69, 9.17) is 33.8 Å². The van der Waals surface area contributed by atoms with Crippen LogP contribution in [0.1, 0.15) is 20.6 Å². The van der Waals surface area contributed by atoms with Crippen LogP contribution >= 0.6 is 0 Å². The van der Waals surface area contributed by atoms with Gasteiger partial charge in [-0.1, -0.05) is 412 Å². The Morgan fingerprint density at radius 3 is 0.837 bits per heavy atom. The molecule has 3 nitrogen and oxygen atoms in total. The smallest absolute Gasteiger partial charge is 0.136 e. The first-order chi connectivity index (χ1) is 73.2. The summed E-state index contributed by atoms with van der Waals surface area (Å²) in [5, 5.41) is 23.8. The van der Waals surface area contributed by atoms with E-state index in [1.807, 2.05) is 170 Å². The molecule has 3 aromatic heterocycles. The summed E-state index contributed by atoms with van der Waals surface area (Å²) in [5.41, 5.74) is 22.4. The standard InChI is InChI=1S/C48H30O.2C42H26O/c1-2-12-32(13-3-1)47-40-17-6-8-19-42(40)48(43-20-9-7-18-41(43)47)38-24-26-45-44(29-38)39-25-23-37(30-46(39)49-45)35-16-10-15-34(28-35)36-22-21-31-11-4-5-14-33(31)27-36;1-2-13-28(14-3-1)40-33-17-6-8-19-35(33)41(36-20-9-7-18-34(36)40)29-24-25-38-37(26-29)42-32(22-11-23-39(42)43-38)31-21-10-15-27-12-4-5-16-30(27)31;1-2-11-28(12-3-1)41-33-14-6-8-16-35(33)42(36-17-9-7-15-34(36)41)32-21-23-40-38(26-32)37-25-31(20-22-39(37)43-40)30-19-18-27-10-4-5-13-29(27)24-30/h1-30H;2*1-26H/i1D,2D,3D,12D,13D;1D,2D,3D,13D,14D;1D,2D,3D,11D,12D. The topological polar surface area (TPSA) is 39.4 Å². The molecule has 0 saturated heterocycles. The Balaban J connectivity index is 0.000000114. The molecule has 28 rings (SSSR count). The molecule has 0 unspecified atom stereocenters. The third-order valence-electron chi connectivity index (χ3n) is 26.8. The Morgan fingerprint density at radius 2 is 0.407 bits per heavy atom. The molecule has 628 valence electrons. The minimum atomic E-state index is -0.402. The number of rotatable bonds is 10. The maximum atomic E-state index is 8.85. The van der Waals surface area contributed by atoms with E-state index in [-0.39, 0.29) is 89.2 Å². The lowest BCUT2D eigenvalue weighted by Gasteiger charge is -2.17. The summed E-state index contributed by atoms with van der Waals surface area (Å²) in [6.07, 6.45) is 0. The van der Waals surface area contributed by atoms with Crippen LogP contribution in [0.4, 0.5) is 0 Å². The molecule has 0 fully saturated rings.